The molecule has 5 atom stereocenters. The summed E-state index contributed by atoms with van der Waals surface area (Å²) in [4.78, 5) is 24.0. The molecular formula is C38H68NO4Si. The lowest BCUT2D eigenvalue weighted by atomic mass is 9.43. The molecule has 3 rings (SSSR count). The van der Waals surface area contributed by atoms with Crippen LogP contribution in [0.15, 0.2) is 11.1 Å². The number of methoxy groups -OCH3 is 1. The number of allylic oxidation sites excluding steroid dienone is 2. The van der Waals surface area contributed by atoms with Crippen LogP contribution in [0.5, 0.6) is 0 Å². The molecule has 5 nitrogen and oxygen atoms in total. The molecule has 0 bridgehead atoms. The summed E-state index contributed by atoms with van der Waals surface area (Å²) in [5, 5.41) is 3.45. The van der Waals surface area contributed by atoms with Crippen molar-refractivity contribution >= 4 is 20.9 Å². The maximum Gasteiger partial charge on any atom is 0.305 e. The van der Waals surface area contributed by atoms with E-state index in [4.69, 9.17) is 9.16 Å². The first-order chi connectivity index (χ1) is 20.6. The Morgan fingerprint density at radius 2 is 1.61 bits per heavy atom. The Labute approximate surface area is 273 Å². The van der Waals surface area contributed by atoms with Gasteiger partial charge in [-0.15, -0.1) is 0 Å². The van der Waals surface area contributed by atoms with E-state index in [1.54, 1.807) is 11.1 Å². The first-order valence-corrected chi connectivity index (χ1v) is 19.7. The van der Waals surface area contributed by atoms with Crippen molar-refractivity contribution in [2.45, 2.75) is 175 Å². The number of carbonyl (C=O) groups excluding carboxylic acids is 2. The summed E-state index contributed by atoms with van der Waals surface area (Å²) in [7, 11) is 0.514. The summed E-state index contributed by atoms with van der Waals surface area (Å²) in [6, 6.07) is 0. The van der Waals surface area contributed by atoms with Crippen LogP contribution < -0.4 is 5.32 Å². The van der Waals surface area contributed by atoms with E-state index in [1.807, 2.05) is 0 Å². The normalized spacial score (nSPS) is 28.5. The Hall–Kier alpha value is -1.14. The largest absolute Gasteiger partial charge is 0.469 e. The monoisotopic (exact) mass is 630 g/mol. The van der Waals surface area contributed by atoms with E-state index >= 15 is 0 Å². The number of amides is 1. The average Bonchev–Trinajstić information content (AvgIpc) is 2.93. The lowest BCUT2D eigenvalue weighted by Gasteiger charge is -2.63. The molecule has 0 heterocycles. The molecule has 1 N–H and O–H groups in total. The maximum atomic E-state index is 12.8. The molecule has 2 saturated carbocycles. The summed E-state index contributed by atoms with van der Waals surface area (Å²) < 4.78 is 11.9. The van der Waals surface area contributed by atoms with E-state index < -0.39 is 9.04 Å². The highest BCUT2D eigenvalue weighted by Crippen LogP contribution is 2.65. The third-order valence-corrected chi connectivity index (χ3v) is 15.0. The number of esters is 1. The Morgan fingerprint density at radius 1 is 0.955 bits per heavy atom. The topological polar surface area (TPSA) is 64.6 Å². The van der Waals surface area contributed by atoms with Gasteiger partial charge in [0.1, 0.15) is 0 Å². The minimum Gasteiger partial charge on any atom is -0.469 e. The number of unbranched alkanes of at least 4 members (excludes halogenated alkanes) is 5. The number of fused-ring (bicyclic) bond motifs is 3. The van der Waals surface area contributed by atoms with Crippen LogP contribution in [0.3, 0.4) is 0 Å². The lowest BCUT2D eigenvalue weighted by Crippen LogP contribution is -2.58. The van der Waals surface area contributed by atoms with Crippen LogP contribution in [0.25, 0.3) is 0 Å². The molecule has 6 heteroatoms. The number of carbonyl (C=O) groups is 2. The van der Waals surface area contributed by atoms with Gasteiger partial charge in [-0.25, -0.2) is 0 Å². The predicted molar refractivity (Wildman–Crippen MR) is 185 cm³/mol. The van der Waals surface area contributed by atoms with Crippen molar-refractivity contribution in [1.29, 1.82) is 0 Å². The van der Waals surface area contributed by atoms with Gasteiger partial charge in [0.05, 0.1) is 13.2 Å². The standard InChI is InChI=1S/C38H68NO4Si/c1-27(2)44(36(4,5)6)43-33-24-25-38(9)31-21-18-28(3)29(30(31)19-22-32(38)37(33,7)8)20-23-34(40)39-26-16-14-12-11-13-15-17-35(41)42-10/h27,30-33H,11-26H2,1-10H3,(H,39,40)/t30?,31-,32?,33?,38+/m0/s1. The van der Waals surface area contributed by atoms with Crippen LogP contribution in [0.4, 0.5) is 0 Å². The Kier molecular flexibility index (Phi) is 13.7. The molecule has 1 radical (unpaired) electrons. The van der Waals surface area contributed by atoms with Crippen molar-refractivity contribution in [2.24, 2.45) is 28.6 Å². The molecule has 253 valence electrons. The van der Waals surface area contributed by atoms with Crippen molar-refractivity contribution in [3.63, 3.8) is 0 Å². The molecular weight excluding hydrogens is 563 g/mol. The van der Waals surface area contributed by atoms with Gasteiger partial charge in [-0.3, -0.25) is 9.59 Å². The highest BCUT2D eigenvalue weighted by molar-refractivity contribution is 6.56. The van der Waals surface area contributed by atoms with E-state index in [0.717, 1.165) is 57.4 Å². The minimum atomic E-state index is -0.935. The molecule has 2 fully saturated rings. The third-order valence-electron chi connectivity index (χ3n) is 11.9. The van der Waals surface area contributed by atoms with Gasteiger partial charge in [0, 0.05) is 19.4 Å². The maximum absolute atomic E-state index is 12.8. The summed E-state index contributed by atoms with van der Waals surface area (Å²) in [6.07, 6.45) is 16.4. The van der Waals surface area contributed by atoms with Gasteiger partial charge >= 0.3 is 5.97 Å². The lowest BCUT2D eigenvalue weighted by molar-refractivity contribution is -0.144. The Bertz CT molecular complexity index is 982. The van der Waals surface area contributed by atoms with Gasteiger partial charge in [0.2, 0.25) is 14.9 Å². The van der Waals surface area contributed by atoms with Gasteiger partial charge < -0.3 is 14.5 Å². The van der Waals surface area contributed by atoms with Crippen LogP contribution in [0.2, 0.25) is 10.6 Å². The zero-order chi connectivity index (χ0) is 32.7. The fourth-order valence-electron chi connectivity index (χ4n) is 9.72. The van der Waals surface area contributed by atoms with Crippen molar-refractivity contribution in [3.8, 4) is 0 Å². The van der Waals surface area contributed by atoms with E-state index in [0.29, 0.717) is 41.7 Å². The SMILES string of the molecule is COC(=O)CCCCCCCCNC(=O)CCC1=C(C)CC[C@H]2C1CCC1C(C)(C)C(O[Si](C(C)C)C(C)(C)C)CC[C@@]12C. The number of rotatable bonds is 15. The Balaban J connectivity index is 1.50. The van der Waals surface area contributed by atoms with Crippen LogP contribution in [-0.4, -0.2) is 40.7 Å². The molecule has 3 aliphatic carbocycles. The molecule has 0 aromatic heterocycles. The minimum absolute atomic E-state index is 0.113. The second-order valence-electron chi connectivity index (χ2n) is 16.7. The third kappa shape index (κ3) is 9.23. The number of hydrogen-bond acceptors (Lipinski definition) is 4. The first-order valence-electron chi connectivity index (χ1n) is 18.2. The van der Waals surface area contributed by atoms with Gasteiger partial charge in [-0.2, -0.15) is 0 Å². The van der Waals surface area contributed by atoms with Gasteiger partial charge in [0.25, 0.3) is 0 Å². The molecule has 0 aliphatic heterocycles. The van der Waals surface area contributed by atoms with Crippen molar-refractivity contribution in [3.05, 3.63) is 11.1 Å². The van der Waals surface area contributed by atoms with Crippen molar-refractivity contribution < 1.29 is 18.8 Å². The summed E-state index contributed by atoms with van der Waals surface area (Å²) in [5.41, 5.74) is 4.34. The molecule has 0 spiro atoms. The molecule has 3 aliphatic rings. The zero-order valence-corrected chi connectivity index (χ0v) is 31.3. The highest BCUT2D eigenvalue weighted by atomic mass is 28.3. The number of ether oxygens (including phenoxy) is 1. The van der Waals surface area contributed by atoms with Gasteiger partial charge in [-0.05, 0) is 104 Å². The number of nitrogens with one attached hydrogen (secondary N) is 1. The second-order valence-corrected chi connectivity index (χ2v) is 20.3. The molecule has 0 aromatic carbocycles. The molecule has 3 unspecified atom stereocenters. The van der Waals surface area contributed by atoms with Crippen LogP contribution >= 0.6 is 0 Å². The van der Waals surface area contributed by atoms with Gasteiger partial charge in [0.15, 0.2) is 0 Å². The highest BCUT2D eigenvalue weighted by Gasteiger charge is 2.59. The smallest absolute Gasteiger partial charge is 0.305 e. The van der Waals surface area contributed by atoms with E-state index in [1.165, 1.54) is 45.6 Å². The Morgan fingerprint density at radius 3 is 2.25 bits per heavy atom. The quantitative estimate of drug-likeness (QED) is 0.0846. The fourth-order valence-corrected chi connectivity index (χ4v) is 12.8. The second kappa shape index (κ2) is 16.1. The zero-order valence-electron chi connectivity index (χ0n) is 30.3. The predicted octanol–water partition coefficient (Wildman–Crippen LogP) is 9.95. The average molecular weight is 631 g/mol. The molecule has 0 aromatic rings. The van der Waals surface area contributed by atoms with Crippen LogP contribution in [-0.2, 0) is 18.8 Å². The van der Waals surface area contributed by atoms with Crippen LogP contribution in [0.1, 0.15) is 159 Å². The molecule has 1 amide bonds. The van der Waals surface area contributed by atoms with Crippen molar-refractivity contribution in [1.82, 2.24) is 5.32 Å². The first kappa shape index (κ1) is 37.3. The fraction of sp³-hybridized carbons (Fsp3) is 0.895. The number of hydrogen-bond donors (Lipinski definition) is 1. The summed E-state index contributed by atoms with van der Waals surface area (Å²) in [6.45, 7) is 22.7. The van der Waals surface area contributed by atoms with Crippen LogP contribution in [0, 0.1) is 28.6 Å². The van der Waals surface area contributed by atoms with E-state index in [2.05, 4.69) is 67.6 Å². The van der Waals surface area contributed by atoms with E-state index in [-0.39, 0.29) is 22.3 Å². The summed E-state index contributed by atoms with van der Waals surface area (Å²) in [5.74, 6) is 2.17. The van der Waals surface area contributed by atoms with E-state index in [9.17, 15) is 9.59 Å². The molecule has 44 heavy (non-hydrogen) atoms. The van der Waals surface area contributed by atoms with Crippen molar-refractivity contribution in [2.75, 3.05) is 13.7 Å². The van der Waals surface area contributed by atoms with Gasteiger partial charge in [-0.1, -0.05) is 92.2 Å². The molecule has 0 saturated heterocycles. The summed E-state index contributed by atoms with van der Waals surface area (Å²) >= 11 is 0.